The summed E-state index contributed by atoms with van der Waals surface area (Å²) in [5.74, 6) is 0.593. The lowest BCUT2D eigenvalue weighted by Crippen LogP contribution is -1.96. The third-order valence-electron chi connectivity index (χ3n) is 2.76. The molecule has 5 heteroatoms. The fraction of sp³-hybridized carbons (Fsp3) is 0.154. The summed E-state index contributed by atoms with van der Waals surface area (Å²) in [6.07, 6.45) is 5.38. The summed E-state index contributed by atoms with van der Waals surface area (Å²) in [6, 6.07) is 6.00. The molecule has 3 rings (SSSR count). The first-order valence-electron chi connectivity index (χ1n) is 5.69. The SMILES string of the molecule is Cc1cnc(Nc2ccc3c(c2)ncn3C)nc1. The van der Waals surface area contributed by atoms with Crippen molar-refractivity contribution in [2.75, 3.05) is 5.32 Å². The van der Waals surface area contributed by atoms with Gasteiger partial charge in [-0.1, -0.05) is 0 Å². The number of aryl methyl sites for hydroxylation is 2. The minimum absolute atomic E-state index is 0.593. The number of imidazole rings is 1. The topological polar surface area (TPSA) is 55.6 Å². The molecule has 1 aromatic carbocycles. The summed E-state index contributed by atoms with van der Waals surface area (Å²) in [5, 5.41) is 3.16. The summed E-state index contributed by atoms with van der Waals surface area (Å²) in [7, 11) is 1.98. The molecule has 0 radical (unpaired) electrons. The normalized spacial score (nSPS) is 10.8. The van der Waals surface area contributed by atoms with Gasteiger partial charge in [-0.2, -0.15) is 0 Å². The predicted molar refractivity (Wildman–Crippen MR) is 70.8 cm³/mol. The number of nitrogens with zero attached hydrogens (tertiary/aromatic N) is 4. The zero-order valence-corrected chi connectivity index (χ0v) is 10.3. The van der Waals surface area contributed by atoms with Gasteiger partial charge in [0.1, 0.15) is 0 Å². The maximum absolute atomic E-state index is 4.32. The van der Waals surface area contributed by atoms with Crippen molar-refractivity contribution in [1.29, 1.82) is 0 Å². The molecular weight excluding hydrogens is 226 g/mol. The molecule has 18 heavy (non-hydrogen) atoms. The van der Waals surface area contributed by atoms with Gasteiger partial charge in [-0.3, -0.25) is 0 Å². The van der Waals surface area contributed by atoms with Crippen molar-refractivity contribution in [1.82, 2.24) is 19.5 Å². The van der Waals surface area contributed by atoms with Crippen LogP contribution in [0.15, 0.2) is 36.9 Å². The molecule has 3 aromatic rings. The van der Waals surface area contributed by atoms with Crippen molar-refractivity contribution in [3.8, 4) is 0 Å². The number of hydrogen-bond donors (Lipinski definition) is 1. The number of aromatic nitrogens is 4. The van der Waals surface area contributed by atoms with Gasteiger partial charge in [0.05, 0.1) is 17.4 Å². The van der Waals surface area contributed by atoms with E-state index in [0.717, 1.165) is 22.3 Å². The summed E-state index contributed by atoms with van der Waals surface area (Å²) in [6.45, 7) is 1.96. The van der Waals surface area contributed by atoms with Gasteiger partial charge in [0.2, 0.25) is 5.95 Å². The molecule has 0 atom stereocenters. The van der Waals surface area contributed by atoms with Crippen LogP contribution in [0.3, 0.4) is 0 Å². The molecule has 0 amide bonds. The summed E-state index contributed by atoms with van der Waals surface area (Å²) >= 11 is 0. The zero-order chi connectivity index (χ0) is 12.5. The number of fused-ring (bicyclic) bond motifs is 1. The van der Waals surface area contributed by atoms with Crippen LogP contribution in [0.5, 0.6) is 0 Å². The highest BCUT2D eigenvalue weighted by molar-refractivity contribution is 5.80. The lowest BCUT2D eigenvalue weighted by atomic mass is 10.3. The Morgan fingerprint density at radius 1 is 1.11 bits per heavy atom. The highest BCUT2D eigenvalue weighted by atomic mass is 15.1. The fourth-order valence-corrected chi connectivity index (χ4v) is 1.80. The van der Waals surface area contributed by atoms with E-state index >= 15 is 0 Å². The summed E-state index contributed by atoms with van der Waals surface area (Å²) < 4.78 is 1.99. The number of rotatable bonds is 2. The van der Waals surface area contributed by atoms with Crippen LogP contribution in [0.4, 0.5) is 11.6 Å². The van der Waals surface area contributed by atoms with Gasteiger partial charge < -0.3 is 9.88 Å². The second-order valence-corrected chi connectivity index (χ2v) is 4.27. The lowest BCUT2D eigenvalue weighted by molar-refractivity contribution is 0.948. The van der Waals surface area contributed by atoms with Crippen molar-refractivity contribution >= 4 is 22.7 Å². The van der Waals surface area contributed by atoms with Crippen molar-refractivity contribution in [2.24, 2.45) is 7.05 Å². The van der Waals surface area contributed by atoms with E-state index in [-0.39, 0.29) is 0 Å². The van der Waals surface area contributed by atoms with Gasteiger partial charge in [0.15, 0.2) is 0 Å². The molecule has 0 aliphatic heterocycles. The van der Waals surface area contributed by atoms with Crippen LogP contribution in [0.25, 0.3) is 11.0 Å². The predicted octanol–water partition coefficient (Wildman–Crippen LogP) is 2.42. The van der Waals surface area contributed by atoms with Crippen LogP contribution in [-0.2, 0) is 7.05 Å². The molecule has 5 nitrogen and oxygen atoms in total. The smallest absolute Gasteiger partial charge is 0.227 e. The van der Waals surface area contributed by atoms with Gasteiger partial charge in [-0.25, -0.2) is 15.0 Å². The van der Waals surface area contributed by atoms with Gasteiger partial charge >= 0.3 is 0 Å². The lowest BCUT2D eigenvalue weighted by Gasteiger charge is -2.04. The monoisotopic (exact) mass is 239 g/mol. The number of anilines is 2. The van der Waals surface area contributed by atoms with E-state index < -0.39 is 0 Å². The Hall–Kier alpha value is -2.43. The second-order valence-electron chi connectivity index (χ2n) is 4.27. The Bertz CT molecular complexity index is 684. The Labute approximate surface area is 105 Å². The largest absolute Gasteiger partial charge is 0.334 e. The molecule has 2 heterocycles. The Morgan fingerprint density at radius 2 is 1.89 bits per heavy atom. The van der Waals surface area contributed by atoms with Crippen molar-refractivity contribution < 1.29 is 0 Å². The van der Waals surface area contributed by atoms with Crippen LogP contribution < -0.4 is 5.32 Å². The van der Waals surface area contributed by atoms with Crippen LogP contribution in [0.1, 0.15) is 5.56 Å². The molecule has 0 bridgehead atoms. The Balaban J connectivity index is 1.92. The third kappa shape index (κ3) is 1.90. The number of nitrogens with one attached hydrogen (secondary N) is 1. The third-order valence-corrected chi connectivity index (χ3v) is 2.76. The van der Waals surface area contributed by atoms with Gasteiger partial charge in [-0.05, 0) is 30.7 Å². The van der Waals surface area contributed by atoms with Crippen LogP contribution >= 0.6 is 0 Å². The maximum Gasteiger partial charge on any atom is 0.227 e. The molecule has 0 fully saturated rings. The molecule has 0 unspecified atom stereocenters. The van der Waals surface area contributed by atoms with Crippen molar-refractivity contribution in [3.63, 3.8) is 0 Å². The van der Waals surface area contributed by atoms with Crippen molar-refractivity contribution in [3.05, 3.63) is 42.5 Å². The number of hydrogen-bond acceptors (Lipinski definition) is 4. The minimum atomic E-state index is 0.593. The average Bonchev–Trinajstić information content (AvgIpc) is 2.74. The van der Waals surface area contributed by atoms with Crippen molar-refractivity contribution in [2.45, 2.75) is 6.92 Å². The van der Waals surface area contributed by atoms with Gasteiger partial charge in [0.25, 0.3) is 0 Å². The molecule has 0 saturated heterocycles. The molecular formula is C13H13N5. The standard InChI is InChI=1S/C13H13N5/c1-9-6-14-13(15-7-9)17-10-3-4-12-11(5-10)16-8-18(12)2/h3-8H,1-2H3,(H,14,15,17). The van der Waals surface area contributed by atoms with Crippen LogP contribution in [0, 0.1) is 6.92 Å². The van der Waals surface area contributed by atoms with E-state index in [9.17, 15) is 0 Å². The van der Waals surface area contributed by atoms with E-state index in [4.69, 9.17) is 0 Å². The molecule has 90 valence electrons. The highest BCUT2D eigenvalue weighted by Crippen LogP contribution is 2.19. The first-order chi connectivity index (χ1) is 8.72. The quantitative estimate of drug-likeness (QED) is 0.746. The van der Waals surface area contributed by atoms with Crippen LogP contribution in [0.2, 0.25) is 0 Å². The Morgan fingerprint density at radius 3 is 2.67 bits per heavy atom. The first kappa shape index (κ1) is 10.7. The van der Waals surface area contributed by atoms with E-state index in [1.807, 2.05) is 36.7 Å². The first-order valence-corrected chi connectivity index (χ1v) is 5.69. The van der Waals surface area contributed by atoms with E-state index in [0.29, 0.717) is 5.95 Å². The zero-order valence-electron chi connectivity index (χ0n) is 10.3. The fourth-order valence-electron chi connectivity index (χ4n) is 1.80. The summed E-state index contributed by atoms with van der Waals surface area (Å²) in [5.41, 5.74) is 4.03. The Kier molecular flexibility index (Phi) is 2.44. The molecule has 0 spiro atoms. The maximum atomic E-state index is 4.32. The molecule has 2 aromatic heterocycles. The molecule has 0 aliphatic rings. The number of benzene rings is 1. The van der Waals surface area contributed by atoms with Gasteiger partial charge in [0, 0.05) is 25.1 Å². The van der Waals surface area contributed by atoms with E-state index in [2.05, 4.69) is 20.3 Å². The average molecular weight is 239 g/mol. The molecule has 0 aliphatic carbocycles. The van der Waals surface area contributed by atoms with Crippen LogP contribution in [-0.4, -0.2) is 19.5 Å². The summed E-state index contributed by atoms with van der Waals surface area (Å²) in [4.78, 5) is 12.7. The molecule has 1 N–H and O–H groups in total. The van der Waals surface area contributed by atoms with E-state index in [1.54, 1.807) is 18.7 Å². The van der Waals surface area contributed by atoms with E-state index in [1.165, 1.54) is 0 Å². The molecule has 0 saturated carbocycles. The van der Waals surface area contributed by atoms with Gasteiger partial charge in [-0.15, -0.1) is 0 Å². The highest BCUT2D eigenvalue weighted by Gasteiger charge is 2.02. The second kappa shape index (κ2) is 4.10. The minimum Gasteiger partial charge on any atom is -0.334 e.